The molecular formula is C9H16N2O4. The second-order valence-corrected chi connectivity index (χ2v) is 3.86. The third-order valence-electron chi connectivity index (χ3n) is 2.13. The Morgan fingerprint density at radius 3 is 2.60 bits per heavy atom. The first-order valence-corrected chi connectivity index (χ1v) is 4.88. The zero-order valence-corrected chi connectivity index (χ0v) is 8.82. The van der Waals surface area contributed by atoms with Crippen LogP contribution in [0.2, 0.25) is 0 Å². The van der Waals surface area contributed by atoms with Gasteiger partial charge in [0, 0.05) is 6.04 Å². The predicted molar refractivity (Wildman–Crippen MR) is 52.5 cm³/mol. The van der Waals surface area contributed by atoms with Crippen LogP contribution in [0.5, 0.6) is 0 Å². The monoisotopic (exact) mass is 216 g/mol. The van der Waals surface area contributed by atoms with Crippen molar-refractivity contribution < 1.29 is 19.4 Å². The van der Waals surface area contributed by atoms with Crippen molar-refractivity contribution in [3.8, 4) is 0 Å². The molecule has 1 heterocycles. The third kappa shape index (κ3) is 3.39. The molecule has 1 aliphatic rings. The number of rotatable bonds is 3. The van der Waals surface area contributed by atoms with Crippen LogP contribution in [0.25, 0.3) is 0 Å². The Hall–Kier alpha value is -1.30. The normalized spacial score (nSPS) is 25.3. The molecule has 0 aliphatic carbocycles. The van der Waals surface area contributed by atoms with Crippen molar-refractivity contribution in [3.63, 3.8) is 0 Å². The number of aliphatic carboxylic acids is 1. The number of nitrogens with one attached hydrogen (secondary N) is 2. The van der Waals surface area contributed by atoms with Crippen molar-refractivity contribution in [1.29, 1.82) is 0 Å². The van der Waals surface area contributed by atoms with Gasteiger partial charge in [-0.3, -0.25) is 4.79 Å². The number of carbonyl (C=O) groups excluding carboxylic acids is 1. The maximum absolute atomic E-state index is 11.3. The van der Waals surface area contributed by atoms with Crippen molar-refractivity contribution >= 4 is 12.0 Å². The fourth-order valence-corrected chi connectivity index (χ4v) is 1.41. The van der Waals surface area contributed by atoms with E-state index in [-0.39, 0.29) is 25.3 Å². The lowest BCUT2D eigenvalue weighted by atomic mass is 10.0. The molecule has 2 atom stereocenters. The van der Waals surface area contributed by atoms with Crippen LogP contribution in [-0.2, 0) is 9.53 Å². The van der Waals surface area contributed by atoms with Crippen molar-refractivity contribution in [2.75, 3.05) is 13.2 Å². The molecule has 0 bridgehead atoms. The number of hydrogen-bond donors (Lipinski definition) is 3. The minimum absolute atomic E-state index is 0.0237. The highest BCUT2D eigenvalue weighted by atomic mass is 16.5. The molecule has 2 amide bonds. The van der Waals surface area contributed by atoms with E-state index in [1.807, 2.05) is 13.8 Å². The Morgan fingerprint density at radius 2 is 2.07 bits per heavy atom. The first kappa shape index (κ1) is 11.8. The second-order valence-electron chi connectivity index (χ2n) is 3.86. The molecule has 3 N–H and O–H groups in total. The molecule has 1 fully saturated rings. The van der Waals surface area contributed by atoms with Gasteiger partial charge in [-0.2, -0.15) is 0 Å². The molecule has 1 rings (SSSR count). The van der Waals surface area contributed by atoms with Crippen LogP contribution in [0.15, 0.2) is 0 Å². The van der Waals surface area contributed by atoms with Crippen LogP contribution in [0.1, 0.15) is 13.8 Å². The van der Waals surface area contributed by atoms with E-state index in [1.165, 1.54) is 0 Å². The Bertz CT molecular complexity index is 254. The van der Waals surface area contributed by atoms with Gasteiger partial charge in [0.05, 0.1) is 19.3 Å². The van der Waals surface area contributed by atoms with Gasteiger partial charge >= 0.3 is 12.0 Å². The third-order valence-corrected chi connectivity index (χ3v) is 2.13. The molecule has 2 unspecified atom stereocenters. The van der Waals surface area contributed by atoms with E-state index >= 15 is 0 Å². The SMILES string of the molecule is CC(C)NC(=O)NC1COCC1C(=O)O. The maximum Gasteiger partial charge on any atom is 0.315 e. The summed E-state index contributed by atoms with van der Waals surface area (Å²) in [6.45, 7) is 4.07. The molecule has 0 aromatic carbocycles. The van der Waals surface area contributed by atoms with E-state index in [1.54, 1.807) is 0 Å². The lowest BCUT2D eigenvalue weighted by Crippen LogP contribution is -2.48. The standard InChI is InChI=1S/C9H16N2O4/c1-5(2)10-9(14)11-7-4-15-3-6(7)8(12)13/h5-7H,3-4H2,1-2H3,(H,12,13)(H2,10,11,14). The summed E-state index contributed by atoms with van der Waals surface area (Å²) in [6, 6.07) is -0.774. The van der Waals surface area contributed by atoms with Gasteiger partial charge in [-0.05, 0) is 13.8 Å². The molecule has 15 heavy (non-hydrogen) atoms. The zero-order valence-electron chi connectivity index (χ0n) is 8.82. The van der Waals surface area contributed by atoms with E-state index < -0.39 is 17.9 Å². The van der Waals surface area contributed by atoms with Crippen molar-refractivity contribution in [1.82, 2.24) is 10.6 Å². The summed E-state index contributed by atoms with van der Waals surface area (Å²) in [5, 5.41) is 14.0. The van der Waals surface area contributed by atoms with Crippen molar-refractivity contribution in [3.05, 3.63) is 0 Å². The van der Waals surface area contributed by atoms with Crippen LogP contribution in [0.3, 0.4) is 0 Å². The number of ether oxygens (including phenoxy) is 1. The predicted octanol–water partition coefficient (Wildman–Crippen LogP) is -0.206. The van der Waals surface area contributed by atoms with E-state index in [0.717, 1.165) is 0 Å². The Labute approximate surface area is 88.0 Å². The quantitative estimate of drug-likeness (QED) is 0.609. The summed E-state index contributed by atoms with van der Waals surface area (Å²) >= 11 is 0. The number of urea groups is 1. The molecular weight excluding hydrogens is 200 g/mol. The largest absolute Gasteiger partial charge is 0.481 e. The Morgan fingerprint density at radius 1 is 1.40 bits per heavy atom. The minimum atomic E-state index is -0.942. The van der Waals surface area contributed by atoms with E-state index in [2.05, 4.69) is 10.6 Å². The highest BCUT2D eigenvalue weighted by molar-refractivity contribution is 5.77. The second kappa shape index (κ2) is 4.97. The van der Waals surface area contributed by atoms with E-state index in [0.29, 0.717) is 0 Å². The van der Waals surface area contributed by atoms with Gasteiger partial charge in [0.2, 0.25) is 0 Å². The number of carbonyl (C=O) groups is 2. The summed E-state index contributed by atoms with van der Waals surface area (Å²) in [4.78, 5) is 22.1. The van der Waals surface area contributed by atoms with Crippen LogP contribution in [-0.4, -0.2) is 42.4 Å². The lowest BCUT2D eigenvalue weighted by molar-refractivity contribution is -0.142. The zero-order chi connectivity index (χ0) is 11.4. The molecule has 1 aliphatic heterocycles. The van der Waals surface area contributed by atoms with Gasteiger partial charge < -0.3 is 20.5 Å². The number of carboxylic acids is 1. The van der Waals surface area contributed by atoms with Crippen LogP contribution < -0.4 is 10.6 Å². The summed E-state index contributed by atoms with van der Waals surface area (Å²) in [6.07, 6.45) is 0. The van der Waals surface area contributed by atoms with Crippen molar-refractivity contribution in [2.24, 2.45) is 5.92 Å². The summed E-state index contributed by atoms with van der Waals surface area (Å²) in [7, 11) is 0. The van der Waals surface area contributed by atoms with Crippen LogP contribution >= 0.6 is 0 Å². The van der Waals surface area contributed by atoms with Gasteiger partial charge in [-0.1, -0.05) is 0 Å². The molecule has 6 heteroatoms. The molecule has 0 aromatic heterocycles. The molecule has 86 valence electrons. The summed E-state index contributed by atoms with van der Waals surface area (Å²) in [5.74, 6) is -1.59. The Balaban J connectivity index is 2.43. The lowest BCUT2D eigenvalue weighted by Gasteiger charge is -2.17. The van der Waals surface area contributed by atoms with Crippen LogP contribution in [0.4, 0.5) is 4.79 Å². The number of amides is 2. The fourth-order valence-electron chi connectivity index (χ4n) is 1.41. The van der Waals surface area contributed by atoms with Crippen LogP contribution in [0, 0.1) is 5.92 Å². The first-order valence-electron chi connectivity index (χ1n) is 4.88. The van der Waals surface area contributed by atoms with E-state index in [9.17, 15) is 9.59 Å². The average molecular weight is 216 g/mol. The summed E-state index contributed by atoms with van der Waals surface area (Å²) in [5.41, 5.74) is 0. The molecule has 6 nitrogen and oxygen atoms in total. The Kier molecular flexibility index (Phi) is 3.90. The number of hydrogen-bond acceptors (Lipinski definition) is 3. The van der Waals surface area contributed by atoms with Gasteiger partial charge in [0.1, 0.15) is 5.92 Å². The fraction of sp³-hybridized carbons (Fsp3) is 0.778. The van der Waals surface area contributed by atoms with Crippen molar-refractivity contribution in [2.45, 2.75) is 25.9 Å². The maximum atomic E-state index is 11.3. The highest BCUT2D eigenvalue weighted by Crippen LogP contribution is 2.13. The molecule has 0 spiro atoms. The van der Waals surface area contributed by atoms with Gasteiger partial charge in [0.25, 0.3) is 0 Å². The summed E-state index contributed by atoms with van der Waals surface area (Å²) < 4.78 is 5.01. The van der Waals surface area contributed by atoms with Gasteiger partial charge in [-0.15, -0.1) is 0 Å². The molecule has 0 saturated carbocycles. The topological polar surface area (TPSA) is 87.7 Å². The molecule has 0 aromatic rings. The number of carboxylic acid groups (broad SMARTS) is 1. The molecule has 1 saturated heterocycles. The average Bonchev–Trinajstić information content (AvgIpc) is 2.50. The minimum Gasteiger partial charge on any atom is -0.481 e. The van der Waals surface area contributed by atoms with Gasteiger partial charge in [0.15, 0.2) is 0 Å². The molecule has 0 radical (unpaired) electrons. The highest BCUT2D eigenvalue weighted by Gasteiger charge is 2.35. The smallest absolute Gasteiger partial charge is 0.315 e. The van der Waals surface area contributed by atoms with E-state index in [4.69, 9.17) is 9.84 Å². The van der Waals surface area contributed by atoms with Gasteiger partial charge in [-0.25, -0.2) is 4.79 Å². The first-order chi connectivity index (χ1) is 7.00.